The highest BCUT2D eigenvalue weighted by atomic mass is 14.8. The summed E-state index contributed by atoms with van der Waals surface area (Å²) < 4.78 is 0. The molecule has 0 aliphatic heterocycles. The Morgan fingerprint density at radius 3 is 2.83 bits per heavy atom. The maximum Gasteiger partial charge on any atom is 0.415 e. The fourth-order valence-electron chi connectivity index (χ4n) is 0.246. The van der Waals surface area contributed by atoms with E-state index in [1.165, 1.54) is 0 Å². The van der Waals surface area contributed by atoms with Crippen LogP contribution in [0.15, 0.2) is 18.5 Å². The van der Waals surface area contributed by atoms with Crippen LogP contribution in [0.1, 0.15) is 0 Å². The molecule has 0 amide bonds. The molecule has 1 rings (SSSR count). The van der Waals surface area contributed by atoms with E-state index in [2.05, 4.69) is 16.3 Å². The van der Waals surface area contributed by atoms with Gasteiger partial charge in [0.05, 0.1) is 6.20 Å². The maximum absolute atomic E-state index is 3.60. The van der Waals surface area contributed by atoms with Gasteiger partial charge in [0, 0.05) is 6.07 Å². The third-order valence-electron chi connectivity index (χ3n) is 0.469. The van der Waals surface area contributed by atoms with Gasteiger partial charge in [0.25, 0.3) is 0 Å². The van der Waals surface area contributed by atoms with Gasteiger partial charge in [-0.1, -0.05) is 0 Å². The van der Waals surface area contributed by atoms with E-state index >= 15 is 0 Å². The number of aromatic nitrogens is 2. The summed E-state index contributed by atoms with van der Waals surface area (Å²) in [6, 6.07) is 1.80. The molecule has 1 aromatic rings. The summed E-state index contributed by atoms with van der Waals surface area (Å²) in [4.78, 5) is 6.26. The first-order valence-electron chi connectivity index (χ1n) is 1.69. The Balaban J connectivity index is 3.00. The molecule has 1 radical (unpaired) electrons. The number of hydrogen-bond donors (Lipinski definition) is 0. The molecule has 0 fully saturated rings. The molecule has 0 aliphatic rings. The molecule has 29 valence electrons. The number of nitrogens with one attached hydrogen (secondary N) is 1. The van der Waals surface area contributed by atoms with Crippen LogP contribution in [0.5, 0.6) is 0 Å². The third kappa shape index (κ3) is 0.516. The molecule has 1 N–H and O–H groups in total. The van der Waals surface area contributed by atoms with E-state index in [-0.39, 0.29) is 0 Å². The van der Waals surface area contributed by atoms with E-state index in [4.69, 9.17) is 0 Å². The van der Waals surface area contributed by atoms with Crippen LogP contribution in [0.3, 0.4) is 0 Å². The highest BCUT2D eigenvalue weighted by Crippen LogP contribution is 1.59. The molecule has 0 aromatic carbocycles. The van der Waals surface area contributed by atoms with Crippen molar-refractivity contribution >= 4 is 0 Å². The van der Waals surface area contributed by atoms with Gasteiger partial charge in [0.1, 0.15) is 6.20 Å². The van der Waals surface area contributed by atoms with Gasteiger partial charge in [0.2, 0.25) is 0 Å². The lowest BCUT2D eigenvalue weighted by molar-refractivity contribution is -0.388. The molecule has 0 bridgehead atoms. The second-order valence-corrected chi connectivity index (χ2v) is 0.893. The van der Waals surface area contributed by atoms with Crippen molar-refractivity contribution in [3.05, 3.63) is 24.8 Å². The van der Waals surface area contributed by atoms with Gasteiger partial charge >= 0.3 is 6.33 Å². The minimum absolute atomic E-state index is 1.66. The first-order valence-corrected chi connectivity index (χ1v) is 1.69. The maximum atomic E-state index is 3.60. The molecule has 2 heteroatoms. The second kappa shape index (κ2) is 1.50. The largest absolute Gasteiger partial charge is 0.415 e. The Morgan fingerprint density at radius 2 is 2.67 bits per heavy atom. The second-order valence-electron chi connectivity index (χ2n) is 0.893. The predicted octanol–water partition coefficient (Wildman–Crippen LogP) is -0.304. The molecule has 0 unspecified atom stereocenters. The lowest BCUT2D eigenvalue weighted by atomic mass is 10.7. The fraction of sp³-hybridized carbons (Fsp3) is 0. The lowest BCUT2D eigenvalue weighted by Crippen LogP contribution is -1.98. The number of H-pyrrole nitrogens is 1. The summed E-state index contributed by atoms with van der Waals surface area (Å²) in [6.45, 7) is 0. The van der Waals surface area contributed by atoms with Crippen molar-refractivity contribution in [2.24, 2.45) is 0 Å². The molecule has 0 saturated carbocycles. The van der Waals surface area contributed by atoms with E-state index in [1.54, 1.807) is 18.5 Å². The van der Waals surface area contributed by atoms with E-state index in [9.17, 15) is 0 Å². The zero-order valence-electron chi connectivity index (χ0n) is 3.18. The van der Waals surface area contributed by atoms with Crippen molar-refractivity contribution in [2.75, 3.05) is 0 Å². The van der Waals surface area contributed by atoms with Gasteiger partial charge < -0.3 is 0 Å². The van der Waals surface area contributed by atoms with Gasteiger partial charge in [-0.15, -0.1) is 0 Å². The molecule has 1 heterocycles. The lowest BCUT2D eigenvalue weighted by Gasteiger charge is -1.58. The van der Waals surface area contributed by atoms with Crippen LogP contribution in [0, 0.1) is 6.33 Å². The van der Waals surface area contributed by atoms with Crippen molar-refractivity contribution < 1.29 is 4.98 Å². The molecule has 0 aliphatic carbocycles. The van der Waals surface area contributed by atoms with E-state index in [0.717, 1.165) is 0 Å². The highest BCUT2D eigenvalue weighted by Gasteiger charge is 1.72. The van der Waals surface area contributed by atoms with E-state index in [1.807, 2.05) is 0 Å². The van der Waals surface area contributed by atoms with Crippen molar-refractivity contribution in [2.45, 2.75) is 0 Å². The molecule has 6 heavy (non-hydrogen) atoms. The standard InChI is InChI=1S/C4H4N2/c1-2-5-4-6-3-1/h1-3,5H/q+1. The van der Waals surface area contributed by atoms with Crippen LogP contribution in [0.25, 0.3) is 0 Å². The first kappa shape index (κ1) is 3.28. The van der Waals surface area contributed by atoms with Crippen LogP contribution < -0.4 is 4.98 Å². The number of hydrogen-bond acceptors (Lipinski definition) is 1. The van der Waals surface area contributed by atoms with Crippen molar-refractivity contribution in [3.63, 3.8) is 0 Å². The summed E-state index contributed by atoms with van der Waals surface area (Å²) in [7, 11) is 0. The summed E-state index contributed by atoms with van der Waals surface area (Å²) in [5, 5.41) is 0. The number of aromatic amines is 1. The molecular formula is C4H4N2+. The normalized spacial score (nSPS) is 8.00. The minimum Gasteiger partial charge on any atom is -0.237 e. The van der Waals surface area contributed by atoms with Crippen LogP contribution in [0.4, 0.5) is 0 Å². The molecule has 0 saturated heterocycles. The summed E-state index contributed by atoms with van der Waals surface area (Å²) in [6.07, 6.45) is 5.94. The monoisotopic (exact) mass is 80.0 g/mol. The Kier molecular flexibility index (Phi) is 0.819. The van der Waals surface area contributed by atoms with Crippen molar-refractivity contribution in [1.82, 2.24) is 4.98 Å². The van der Waals surface area contributed by atoms with E-state index in [0.29, 0.717) is 0 Å². The van der Waals surface area contributed by atoms with Crippen LogP contribution in [0.2, 0.25) is 0 Å². The fourth-order valence-corrected chi connectivity index (χ4v) is 0.246. The Bertz CT molecular complexity index is 77.5. The van der Waals surface area contributed by atoms with E-state index < -0.39 is 0 Å². The minimum atomic E-state index is 1.66. The van der Waals surface area contributed by atoms with Gasteiger partial charge in [0.15, 0.2) is 0 Å². The van der Waals surface area contributed by atoms with Crippen molar-refractivity contribution in [3.8, 4) is 0 Å². The van der Waals surface area contributed by atoms with Crippen LogP contribution >= 0.6 is 0 Å². The average Bonchev–Trinajstić information content (AvgIpc) is 1.72. The number of nitrogens with zero attached hydrogens (tertiary/aromatic N) is 1. The Labute approximate surface area is 35.9 Å². The zero-order chi connectivity index (χ0) is 4.24. The zero-order valence-corrected chi connectivity index (χ0v) is 3.18. The van der Waals surface area contributed by atoms with Crippen LogP contribution in [-0.2, 0) is 0 Å². The molecule has 2 nitrogen and oxygen atoms in total. The van der Waals surface area contributed by atoms with Gasteiger partial charge in [-0.05, 0) is 4.98 Å². The third-order valence-corrected chi connectivity index (χ3v) is 0.469. The molecular weight excluding hydrogens is 76.1 g/mol. The topological polar surface area (TPSA) is 27.0 Å². The van der Waals surface area contributed by atoms with Crippen LogP contribution in [-0.4, -0.2) is 4.98 Å². The quantitative estimate of drug-likeness (QED) is 0.420. The van der Waals surface area contributed by atoms with Gasteiger partial charge in [-0.2, -0.15) is 0 Å². The highest BCUT2D eigenvalue weighted by molar-refractivity contribution is 4.67. The summed E-state index contributed by atoms with van der Waals surface area (Å²) in [5.41, 5.74) is 0. The number of rotatable bonds is 0. The SMILES string of the molecule is [c]1nccc[nH+]1. The summed E-state index contributed by atoms with van der Waals surface area (Å²) in [5.74, 6) is 0. The molecule has 0 spiro atoms. The van der Waals surface area contributed by atoms with Gasteiger partial charge in [-0.25, -0.2) is 4.98 Å². The average molecular weight is 80.1 g/mol. The molecule has 1 aromatic heterocycles. The smallest absolute Gasteiger partial charge is 0.237 e. The Hall–Kier alpha value is -0.920. The van der Waals surface area contributed by atoms with Gasteiger partial charge in [-0.3, -0.25) is 0 Å². The van der Waals surface area contributed by atoms with Crippen molar-refractivity contribution in [1.29, 1.82) is 0 Å². The predicted molar refractivity (Wildman–Crippen MR) is 19.6 cm³/mol. The Morgan fingerprint density at radius 1 is 1.67 bits per heavy atom. The molecule has 0 atom stereocenters. The first-order chi connectivity index (χ1) is 3.00. The summed E-state index contributed by atoms with van der Waals surface area (Å²) >= 11 is 0.